The Labute approximate surface area is 158 Å². The number of fused-ring (bicyclic) bond motifs is 1. The molecule has 2 heterocycles. The third-order valence-corrected chi connectivity index (χ3v) is 4.86. The van der Waals surface area contributed by atoms with Crippen LogP contribution in [0.3, 0.4) is 0 Å². The van der Waals surface area contributed by atoms with Crippen LogP contribution in [0.5, 0.6) is 0 Å². The van der Waals surface area contributed by atoms with E-state index in [4.69, 9.17) is 0 Å². The second-order valence-electron chi connectivity index (χ2n) is 6.42. The molecule has 0 aliphatic heterocycles. The normalized spacial score (nSPS) is 10.8. The number of carbonyl (C=O) groups excluding carboxylic acids is 2. The van der Waals surface area contributed by atoms with E-state index in [0.29, 0.717) is 18.6 Å². The first-order valence-electron chi connectivity index (χ1n) is 9.11. The van der Waals surface area contributed by atoms with Crippen LogP contribution in [0.15, 0.2) is 42.6 Å². The highest BCUT2D eigenvalue weighted by Crippen LogP contribution is 2.21. The first kappa shape index (κ1) is 18.6. The molecule has 2 aromatic heterocycles. The standard InChI is InChI=1S/C21H24N4O2/c1-5-24(6-2)21(27)19-23-18(17-12-7-8-13-25(17)19)20(26)22-16-11-9-10-14(3)15(16)4/h7-13H,5-6H2,1-4H3,(H,22,26). The van der Waals surface area contributed by atoms with Crippen molar-refractivity contribution in [2.75, 3.05) is 18.4 Å². The van der Waals surface area contributed by atoms with Gasteiger partial charge in [0.05, 0.1) is 5.52 Å². The number of carbonyl (C=O) groups is 2. The van der Waals surface area contributed by atoms with E-state index in [-0.39, 0.29) is 23.3 Å². The van der Waals surface area contributed by atoms with Crippen molar-refractivity contribution >= 4 is 23.0 Å². The summed E-state index contributed by atoms with van der Waals surface area (Å²) < 4.78 is 1.68. The van der Waals surface area contributed by atoms with Gasteiger partial charge in [-0.25, -0.2) is 4.98 Å². The summed E-state index contributed by atoms with van der Waals surface area (Å²) >= 11 is 0. The van der Waals surface area contributed by atoms with E-state index < -0.39 is 0 Å². The molecule has 140 valence electrons. The van der Waals surface area contributed by atoms with Gasteiger partial charge in [0.25, 0.3) is 11.8 Å². The number of amides is 2. The number of benzene rings is 1. The fraction of sp³-hybridized carbons (Fsp3) is 0.286. The van der Waals surface area contributed by atoms with Gasteiger partial charge in [-0.1, -0.05) is 18.2 Å². The topological polar surface area (TPSA) is 66.7 Å². The van der Waals surface area contributed by atoms with Crippen molar-refractivity contribution in [1.82, 2.24) is 14.3 Å². The van der Waals surface area contributed by atoms with Gasteiger partial charge < -0.3 is 10.2 Å². The monoisotopic (exact) mass is 364 g/mol. The molecule has 0 atom stereocenters. The lowest BCUT2D eigenvalue weighted by molar-refractivity contribution is 0.0760. The molecular formula is C21H24N4O2. The molecule has 1 aromatic carbocycles. The fourth-order valence-corrected chi connectivity index (χ4v) is 3.08. The van der Waals surface area contributed by atoms with Crippen molar-refractivity contribution in [2.45, 2.75) is 27.7 Å². The van der Waals surface area contributed by atoms with Gasteiger partial charge in [-0.15, -0.1) is 0 Å². The summed E-state index contributed by atoms with van der Waals surface area (Å²) in [6.07, 6.45) is 1.76. The zero-order valence-electron chi connectivity index (χ0n) is 16.1. The maximum Gasteiger partial charge on any atom is 0.290 e. The van der Waals surface area contributed by atoms with Crippen LogP contribution >= 0.6 is 0 Å². The number of aromatic nitrogens is 2. The van der Waals surface area contributed by atoms with Crippen molar-refractivity contribution in [3.05, 3.63) is 65.2 Å². The quantitative estimate of drug-likeness (QED) is 0.751. The lowest BCUT2D eigenvalue weighted by Gasteiger charge is -2.17. The summed E-state index contributed by atoms with van der Waals surface area (Å²) in [7, 11) is 0. The number of hydrogen-bond acceptors (Lipinski definition) is 3. The number of anilines is 1. The Kier molecular flexibility index (Phi) is 5.26. The molecule has 1 N–H and O–H groups in total. The smallest absolute Gasteiger partial charge is 0.290 e. The lowest BCUT2D eigenvalue weighted by Crippen LogP contribution is -2.32. The van der Waals surface area contributed by atoms with Crippen LogP contribution in [0.25, 0.3) is 5.52 Å². The van der Waals surface area contributed by atoms with Crippen LogP contribution in [0.2, 0.25) is 0 Å². The number of pyridine rings is 1. The average molecular weight is 364 g/mol. The molecule has 0 saturated carbocycles. The van der Waals surface area contributed by atoms with Crippen LogP contribution in [-0.2, 0) is 0 Å². The van der Waals surface area contributed by atoms with Crippen LogP contribution in [-0.4, -0.2) is 39.2 Å². The molecule has 6 nitrogen and oxygen atoms in total. The molecule has 0 aliphatic carbocycles. The zero-order valence-corrected chi connectivity index (χ0v) is 16.1. The molecule has 3 aromatic rings. The first-order valence-corrected chi connectivity index (χ1v) is 9.11. The molecule has 27 heavy (non-hydrogen) atoms. The number of hydrogen-bond donors (Lipinski definition) is 1. The minimum absolute atomic E-state index is 0.188. The van der Waals surface area contributed by atoms with Gasteiger partial charge in [0.1, 0.15) is 0 Å². The minimum atomic E-state index is -0.328. The van der Waals surface area contributed by atoms with Crippen LogP contribution in [0.1, 0.15) is 46.1 Å². The number of aryl methyl sites for hydroxylation is 1. The van der Waals surface area contributed by atoms with Crippen LogP contribution in [0.4, 0.5) is 5.69 Å². The number of nitrogens with zero attached hydrogens (tertiary/aromatic N) is 3. The molecular weight excluding hydrogens is 340 g/mol. The lowest BCUT2D eigenvalue weighted by atomic mass is 10.1. The molecule has 0 bridgehead atoms. The summed E-state index contributed by atoms with van der Waals surface area (Å²) in [6, 6.07) is 11.2. The Morgan fingerprint density at radius 1 is 1.07 bits per heavy atom. The maximum atomic E-state index is 12.9. The highest BCUT2D eigenvalue weighted by atomic mass is 16.2. The Hall–Kier alpha value is -3.15. The summed E-state index contributed by atoms with van der Waals surface area (Å²) in [5.41, 5.74) is 3.70. The molecule has 0 radical (unpaired) electrons. The van der Waals surface area contributed by atoms with Gasteiger partial charge in [0, 0.05) is 25.0 Å². The highest BCUT2D eigenvalue weighted by Gasteiger charge is 2.24. The van der Waals surface area contributed by atoms with Gasteiger partial charge in [0.15, 0.2) is 5.69 Å². The van der Waals surface area contributed by atoms with Gasteiger partial charge in [0.2, 0.25) is 5.82 Å². The minimum Gasteiger partial charge on any atom is -0.337 e. The third kappa shape index (κ3) is 3.43. The Bertz CT molecular complexity index is 1000. The van der Waals surface area contributed by atoms with E-state index in [1.54, 1.807) is 21.6 Å². The fourth-order valence-electron chi connectivity index (χ4n) is 3.08. The number of nitrogens with one attached hydrogen (secondary N) is 1. The zero-order chi connectivity index (χ0) is 19.6. The maximum absolute atomic E-state index is 12.9. The van der Waals surface area contributed by atoms with Gasteiger partial charge in [-0.2, -0.15) is 0 Å². The molecule has 3 rings (SSSR count). The van der Waals surface area contributed by atoms with E-state index >= 15 is 0 Å². The SMILES string of the molecule is CCN(CC)C(=O)c1nc(C(=O)Nc2cccc(C)c2C)c2ccccn12. The molecule has 0 aliphatic rings. The predicted octanol–water partition coefficient (Wildman–Crippen LogP) is 3.69. The second-order valence-corrected chi connectivity index (χ2v) is 6.42. The summed E-state index contributed by atoms with van der Waals surface area (Å²) in [6.45, 7) is 8.97. The molecule has 0 fully saturated rings. The summed E-state index contributed by atoms with van der Waals surface area (Å²) in [5, 5.41) is 2.93. The first-order chi connectivity index (χ1) is 13.0. The Morgan fingerprint density at radius 2 is 1.81 bits per heavy atom. The van der Waals surface area contributed by atoms with Gasteiger partial charge >= 0.3 is 0 Å². The number of imidazole rings is 1. The van der Waals surface area contributed by atoms with Crippen molar-refractivity contribution in [3.8, 4) is 0 Å². The Balaban J connectivity index is 2.03. The van der Waals surface area contributed by atoms with Crippen molar-refractivity contribution in [1.29, 1.82) is 0 Å². The van der Waals surface area contributed by atoms with Crippen molar-refractivity contribution in [2.24, 2.45) is 0 Å². The molecule has 0 saturated heterocycles. The third-order valence-electron chi connectivity index (χ3n) is 4.86. The van der Waals surface area contributed by atoms with Crippen molar-refractivity contribution < 1.29 is 9.59 Å². The van der Waals surface area contributed by atoms with E-state index in [2.05, 4.69) is 10.3 Å². The van der Waals surface area contributed by atoms with Gasteiger partial charge in [-0.05, 0) is 57.0 Å². The van der Waals surface area contributed by atoms with E-state index in [1.165, 1.54) is 0 Å². The molecule has 0 spiro atoms. The van der Waals surface area contributed by atoms with E-state index in [0.717, 1.165) is 16.8 Å². The average Bonchev–Trinajstić information content (AvgIpc) is 3.06. The van der Waals surface area contributed by atoms with E-state index in [9.17, 15) is 9.59 Å². The summed E-state index contributed by atoms with van der Waals surface area (Å²) in [5.74, 6) is -0.265. The second kappa shape index (κ2) is 7.61. The Morgan fingerprint density at radius 3 is 2.52 bits per heavy atom. The van der Waals surface area contributed by atoms with Crippen molar-refractivity contribution in [3.63, 3.8) is 0 Å². The van der Waals surface area contributed by atoms with E-state index in [1.807, 2.05) is 58.0 Å². The molecule has 2 amide bonds. The van der Waals surface area contributed by atoms with Crippen LogP contribution < -0.4 is 5.32 Å². The van der Waals surface area contributed by atoms with Crippen LogP contribution in [0, 0.1) is 13.8 Å². The predicted molar refractivity (Wildman–Crippen MR) is 106 cm³/mol. The molecule has 0 unspecified atom stereocenters. The largest absolute Gasteiger partial charge is 0.337 e. The summed E-state index contributed by atoms with van der Waals surface area (Å²) in [4.78, 5) is 31.9. The highest BCUT2D eigenvalue weighted by molar-refractivity contribution is 6.09. The molecule has 6 heteroatoms. The van der Waals surface area contributed by atoms with Gasteiger partial charge in [-0.3, -0.25) is 14.0 Å². The number of rotatable bonds is 5.